The highest BCUT2D eigenvalue weighted by molar-refractivity contribution is 6.12. The SMILES string of the molecule is c1ccc(-c2ccccc2N(c2ccc3oc4ccccc4c3c2)c2ccc3c4ccccc4n(-c4ccc5oc6ccccc6c5c4)c3c2)cc1. The molecule has 0 saturated carbocycles. The van der Waals surface area contributed by atoms with Gasteiger partial charge < -0.3 is 18.3 Å². The monoisotopic (exact) mass is 666 g/mol. The fourth-order valence-electron chi connectivity index (χ4n) is 8.04. The Labute approximate surface area is 299 Å². The fourth-order valence-corrected chi connectivity index (χ4v) is 8.04. The Bertz CT molecular complexity index is 3150. The minimum Gasteiger partial charge on any atom is -0.456 e. The summed E-state index contributed by atoms with van der Waals surface area (Å²) < 4.78 is 14.9. The molecule has 11 aromatic rings. The van der Waals surface area contributed by atoms with Crippen molar-refractivity contribution in [1.82, 2.24) is 4.57 Å². The molecule has 0 aliphatic heterocycles. The van der Waals surface area contributed by atoms with E-state index in [0.717, 1.165) is 88.8 Å². The van der Waals surface area contributed by atoms with Gasteiger partial charge in [0.1, 0.15) is 22.3 Å². The maximum atomic E-state index is 6.27. The number of rotatable bonds is 5. The summed E-state index contributed by atoms with van der Waals surface area (Å²) in [5.41, 5.74) is 12.4. The second-order valence-electron chi connectivity index (χ2n) is 13.3. The number of anilines is 3. The average Bonchev–Trinajstić information content (AvgIpc) is 3.87. The number of benzene rings is 8. The van der Waals surface area contributed by atoms with Gasteiger partial charge in [-0.15, -0.1) is 0 Å². The van der Waals surface area contributed by atoms with Gasteiger partial charge in [-0.2, -0.15) is 0 Å². The van der Waals surface area contributed by atoms with Crippen molar-refractivity contribution in [2.45, 2.75) is 0 Å². The molecule has 0 atom stereocenters. The van der Waals surface area contributed by atoms with E-state index in [1.54, 1.807) is 0 Å². The highest BCUT2D eigenvalue weighted by Gasteiger charge is 2.21. The van der Waals surface area contributed by atoms with Gasteiger partial charge in [0, 0.05) is 54.9 Å². The number of para-hydroxylation sites is 4. The molecular weight excluding hydrogens is 637 g/mol. The van der Waals surface area contributed by atoms with E-state index in [0.29, 0.717) is 0 Å². The lowest BCUT2D eigenvalue weighted by atomic mass is 10.0. The summed E-state index contributed by atoms with van der Waals surface area (Å²) in [5.74, 6) is 0. The molecule has 3 aromatic heterocycles. The van der Waals surface area contributed by atoms with Crippen molar-refractivity contribution < 1.29 is 8.83 Å². The average molecular weight is 667 g/mol. The predicted octanol–water partition coefficient (Wildman–Crippen LogP) is 13.7. The van der Waals surface area contributed by atoms with Gasteiger partial charge in [0.2, 0.25) is 0 Å². The van der Waals surface area contributed by atoms with Crippen LogP contribution in [0.15, 0.2) is 191 Å². The summed E-state index contributed by atoms with van der Waals surface area (Å²) in [6.45, 7) is 0. The largest absolute Gasteiger partial charge is 0.456 e. The van der Waals surface area contributed by atoms with Crippen LogP contribution in [0.3, 0.4) is 0 Å². The zero-order chi connectivity index (χ0) is 34.2. The molecule has 0 fully saturated rings. The molecule has 0 amide bonds. The quantitative estimate of drug-likeness (QED) is 0.183. The van der Waals surface area contributed by atoms with Crippen molar-refractivity contribution in [2.75, 3.05) is 4.90 Å². The number of fused-ring (bicyclic) bond motifs is 9. The molecule has 3 heterocycles. The van der Waals surface area contributed by atoms with Gasteiger partial charge in [0.25, 0.3) is 0 Å². The van der Waals surface area contributed by atoms with E-state index in [-0.39, 0.29) is 0 Å². The van der Waals surface area contributed by atoms with Crippen LogP contribution in [-0.4, -0.2) is 4.57 Å². The minimum atomic E-state index is 0.874. The van der Waals surface area contributed by atoms with Crippen molar-refractivity contribution in [3.63, 3.8) is 0 Å². The zero-order valence-electron chi connectivity index (χ0n) is 28.0. The van der Waals surface area contributed by atoms with Crippen molar-refractivity contribution in [2.24, 2.45) is 0 Å². The molecule has 0 spiro atoms. The Kier molecular flexibility index (Phi) is 6.22. The zero-order valence-corrected chi connectivity index (χ0v) is 28.0. The third-order valence-electron chi connectivity index (χ3n) is 10.4. The first-order valence-electron chi connectivity index (χ1n) is 17.6. The van der Waals surface area contributed by atoms with Crippen molar-refractivity contribution in [1.29, 1.82) is 0 Å². The molecule has 0 saturated heterocycles. The first kappa shape index (κ1) is 28.8. The lowest BCUT2D eigenvalue weighted by molar-refractivity contribution is 0.668. The van der Waals surface area contributed by atoms with E-state index in [9.17, 15) is 0 Å². The number of hydrogen-bond donors (Lipinski definition) is 0. The second-order valence-corrected chi connectivity index (χ2v) is 13.3. The van der Waals surface area contributed by atoms with Crippen LogP contribution >= 0.6 is 0 Å². The lowest BCUT2D eigenvalue weighted by Crippen LogP contribution is -2.11. The summed E-state index contributed by atoms with van der Waals surface area (Å²) in [6, 6.07) is 64.5. The van der Waals surface area contributed by atoms with E-state index in [4.69, 9.17) is 8.83 Å². The van der Waals surface area contributed by atoms with Gasteiger partial charge in [0.05, 0.1) is 16.7 Å². The van der Waals surface area contributed by atoms with Crippen LogP contribution in [0.2, 0.25) is 0 Å². The van der Waals surface area contributed by atoms with Gasteiger partial charge >= 0.3 is 0 Å². The van der Waals surface area contributed by atoms with Gasteiger partial charge in [-0.1, -0.05) is 109 Å². The van der Waals surface area contributed by atoms with Gasteiger partial charge in [-0.25, -0.2) is 0 Å². The molecule has 11 rings (SSSR count). The number of hydrogen-bond acceptors (Lipinski definition) is 3. The van der Waals surface area contributed by atoms with E-state index in [2.05, 4.69) is 167 Å². The van der Waals surface area contributed by atoms with Crippen LogP contribution in [0.1, 0.15) is 0 Å². The molecule has 0 unspecified atom stereocenters. The van der Waals surface area contributed by atoms with Crippen molar-refractivity contribution >= 4 is 82.7 Å². The normalized spacial score (nSPS) is 11.8. The van der Waals surface area contributed by atoms with Crippen molar-refractivity contribution in [3.8, 4) is 16.8 Å². The first-order chi connectivity index (χ1) is 25.8. The summed E-state index contributed by atoms with van der Waals surface area (Å²) in [4.78, 5) is 2.39. The Morgan fingerprint density at radius 2 is 0.923 bits per heavy atom. The minimum absolute atomic E-state index is 0.874. The van der Waals surface area contributed by atoms with Gasteiger partial charge in [-0.05, 0) is 78.4 Å². The molecule has 0 N–H and O–H groups in total. The van der Waals surface area contributed by atoms with E-state index >= 15 is 0 Å². The van der Waals surface area contributed by atoms with E-state index in [1.165, 1.54) is 10.8 Å². The Balaban J connectivity index is 1.19. The van der Waals surface area contributed by atoms with Crippen LogP contribution in [0.5, 0.6) is 0 Å². The summed E-state index contributed by atoms with van der Waals surface area (Å²) >= 11 is 0. The Hall–Kier alpha value is -7.04. The number of aromatic nitrogens is 1. The highest BCUT2D eigenvalue weighted by atomic mass is 16.3. The van der Waals surface area contributed by atoms with Crippen LogP contribution in [0, 0.1) is 0 Å². The lowest BCUT2D eigenvalue weighted by Gasteiger charge is -2.28. The molecule has 0 aliphatic rings. The standard InChI is InChI=1S/C48H30N2O2/c1-2-12-31(13-3-1)35-14-4-8-18-42(35)49(32-23-26-47-40(28-32)38-16-6-10-20-45(38)51-47)34-22-25-37-36-15-5-9-19-43(36)50(44(37)30-34)33-24-27-48-41(29-33)39-17-7-11-21-46(39)52-48/h1-30H. The molecule has 4 nitrogen and oxygen atoms in total. The van der Waals surface area contributed by atoms with Crippen LogP contribution < -0.4 is 4.90 Å². The second kappa shape index (κ2) is 11.2. The van der Waals surface area contributed by atoms with Crippen molar-refractivity contribution in [3.05, 3.63) is 182 Å². The van der Waals surface area contributed by atoms with E-state index in [1.807, 2.05) is 24.3 Å². The first-order valence-corrected chi connectivity index (χ1v) is 17.6. The Morgan fingerprint density at radius 1 is 0.365 bits per heavy atom. The maximum absolute atomic E-state index is 6.27. The van der Waals surface area contributed by atoms with Crippen LogP contribution in [0.4, 0.5) is 17.1 Å². The highest BCUT2D eigenvalue weighted by Crippen LogP contribution is 2.45. The number of furan rings is 2. The molecule has 0 aliphatic carbocycles. The number of nitrogens with zero attached hydrogens (tertiary/aromatic N) is 2. The molecule has 4 heteroatoms. The van der Waals surface area contributed by atoms with Gasteiger partial charge in [0.15, 0.2) is 0 Å². The van der Waals surface area contributed by atoms with Crippen LogP contribution in [-0.2, 0) is 0 Å². The Morgan fingerprint density at radius 3 is 1.71 bits per heavy atom. The molecular formula is C48H30N2O2. The fraction of sp³-hybridized carbons (Fsp3) is 0. The van der Waals surface area contributed by atoms with Gasteiger partial charge in [-0.3, -0.25) is 0 Å². The third kappa shape index (κ3) is 4.34. The molecule has 244 valence electrons. The topological polar surface area (TPSA) is 34.5 Å². The smallest absolute Gasteiger partial charge is 0.135 e. The van der Waals surface area contributed by atoms with E-state index < -0.39 is 0 Å². The summed E-state index contributed by atoms with van der Waals surface area (Å²) in [7, 11) is 0. The molecule has 0 bridgehead atoms. The summed E-state index contributed by atoms with van der Waals surface area (Å²) in [5, 5.41) is 6.83. The van der Waals surface area contributed by atoms with Crippen LogP contribution in [0.25, 0.3) is 82.5 Å². The summed E-state index contributed by atoms with van der Waals surface area (Å²) in [6.07, 6.45) is 0. The third-order valence-corrected chi connectivity index (χ3v) is 10.4. The molecule has 0 radical (unpaired) electrons. The molecule has 8 aromatic carbocycles. The predicted molar refractivity (Wildman–Crippen MR) is 215 cm³/mol. The molecule has 52 heavy (non-hydrogen) atoms. The maximum Gasteiger partial charge on any atom is 0.135 e.